The Labute approximate surface area is 125 Å². The topological polar surface area (TPSA) is 59.6 Å². The van der Waals surface area contributed by atoms with Gasteiger partial charge in [-0.2, -0.15) is 0 Å². The van der Waals surface area contributed by atoms with E-state index in [2.05, 4.69) is 10.6 Å². The lowest BCUT2D eigenvalue weighted by atomic mass is 10.1. The van der Waals surface area contributed by atoms with Crippen molar-refractivity contribution in [1.82, 2.24) is 10.6 Å². The lowest BCUT2D eigenvalue weighted by Gasteiger charge is -2.18. The Morgan fingerprint density at radius 3 is 2.76 bits per heavy atom. The second kappa shape index (κ2) is 8.19. The Morgan fingerprint density at radius 2 is 1.95 bits per heavy atom. The van der Waals surface area contributed by atoms with E-state index in [-0.39, 0.29) is 6.03 Å². The molecule has 0 aromatic heterocycles. The van der Waals surface area contributed by atoms with Crippen molar-refractivity contribution < 1.29 is 14.3 Å². The van der Waals surface area contributed by atoms with E-state index in [1.807, 2.05) is 37.3 Å². The first-order chi connectivity index (χ1) is 10.3. The zero-order valence-corrected chi connectivity index (χ0v) is 12.4. The van der Waals surface area contributed by atoms with Crippen LogP contribution in [-0.2, 0) is 0 Å². The quantitative estimate of drug-likeness (QED) is 0.792. The van der Waals surface area contributed by atoms with E-state index < -0.39 is 0 Å². The van der Waals surface area contributed by atoms with Gasteiger partial charge in [0.25, 0.3) is 0 Å². The van der Waals surface area contributed by atoms with Crippen LogP contribution in [-0.4, -0.2) is 32.3 Å². The Balaban J connectivity index is 1.73. The highest BCUT2D eigenvalue weighted by molar-refractivity contribution is 5.73. The third-order valence-electron chi connectivity index (χ3n) is 3.01. The van der Waals surface area contributed by atoms with Gasteiger partial charge < -0.3 is 20.1 Å². The molecular formula is C16H22N2O3. The summed E-state index contributed by atoms with van der Waals surface area (Å²) in [6.45, 7) is 4.55. The average molecular weight is 290 g/mol. The number of benzene rings is 1. The Bertz CT molecular complexity index is 500. The summed E-state index contributed by atoms with van der Waals surface area (Å²) in [5.41, 5.74) is 1.06. The van der Waals surface area contributed by atoms with Crippen molar-refractivity contribution in [1.29, 1.82) is 0 Å². The van der Waals surface area contributed by atoms with Gasteiger partial charge in [0.05, 0.1) is 0 Å². The standard InChI is InChI=1S/C16H22N2O3/c1-2-8-17-16(19)18-9-4-3-5-13-6-7-14-15(12-13)21-11-10-20-14/h3,5-7,12H,2,4,8-11H2,1H3,(H2,17,18,19)/b5-3+. The molecule has 0 saturated heterocycles. The van der Waals surface area contributed by atoms with E-state index in [1.165, 1.54) is 0 Å². The van der Waals surface area contributed by atoms with Crippen LogP contribution in [0, 0.1) is 0 Å². The maximum atomic E-state index is 11.3. The molecule has 0 bridgehead atoms. The molecular weight excluding hydrogens is 268 g/mol. The van der Waals surface area contributed by atoms with Gasteiger partial charge in [-0.15, -0.1) is 0 Å². The fraction of sp³-hybridized carbons (Fsp3) is 0.438. The fourth-order valence-electron chi connectivity index (χ4n) is 1.95. The van der Waals surface area contributed by atoms with Crippen LogP contribution in [0.1, 0.15) is 25.3 Å². The summed E-state index contributed by atoms with van der Waals surface area (Å²) in [5.74, 6) is 1.59. The molecule has 2 amide bonds. The Hall–Kier alpha value is -2.17. The SMILES string of the molecule is CCCNC(=O)NCC/C=C/c1ccc2c(c1)OCCO2. The first-order valence-electron chi connectivity index (χ1n) is 7.37. The normalized spacial score (nSPS) is 13.2. The summed E-state index contributed by atoms with van der Waals surface area (Å²) in [4.78, 5) is 11.3. The van der Waals surface area contributed by atoms with E-state index in [0.717, 1.165) is 29.9 Å². The summed E-state index contributed by atoms with van der Waals surface area (Å²) < 4.78 is 11.0. The maximum Gasteiger partial charge on any atom is 0.314 e. The number of nitrogens with one attached hydrogen (secondary N) is 2. The molecule has 0 radical (unpaired) electrons. The molecule has 0 spiro atoms. The van der Waals surface area contributed by atoms with Crippen molar-refractivity contribution in [2.45, 2.75) is 19.8 Å². The largest absolute Gasteiger partial charge is 0.486 e. The third kappa shape index (κ3) is 5.02. The zero-order chi connectivity index (χ0) is 14.9. The van der Waals surface area contributed by atoms with E-state index in [0.29, 0.717) is 26.3 Å². The molecule has 114 valence electrons. The van der Waals surface area contributed by atoms with Gasteiger partial charge in [-0.25, -0.2) is 4.79 Å². The summed E-state index contributed by atoms with van der Waals surface area (Å²) in [6.07, 6.45) is 5.78. The predicted molar refractivity (Wildman–Crippen MR) is 82.8 cm³/mol. The van der Waals surface area contributed by atoms with E-state index in [9.17, 15) is 4.79 Å². The van der Waals surface area contributed by atoms with Gasteiger partial charge >= 0.3 is 6.03 Å². The minimum absolute atomic E-state index is 0.107. The molecule has 1 heterocycles. The van der Waals surface area contributed by atoms with Crippen molar-refractivity contribution in [2.24, 2.45) is 0 Å². The van der Waals surface area contributed by atoms with Gasteiger partial charge in [-0.1, -0.05) is 25.1 Å². The van der Waals surface area contributed by atoms with Crippen molar-refractivity contribution in [3.05, 3.63) is 29.8 Å². The second-order valence-corrected chi connectivity index (χ2v) is 4.78. The van der Waals surface area contributed by atoms with Gasteiger partial charge in [0.2, 0.25) is 0 Å². The van der Waals surface area contributed by atoms with Gasteiger partial charge in [-0.05, 0) is 30.5 Å². The number of hydrogen-bond acceptors (Lipinski definition) is 3. The molecule has 5 heteroatoms. The van der Waals surface area contributed by atoms with Crippen LogP contribution in [0.3, 0.4) is 0 Å². The molecule has 0 saturated carbocycles. The third-order valence-corrected chi connectivity index (χ3v) is 3.01. The van der Waals surface area contributed by atoms with Gasteiger partial charge in [0.15, 0.2) is 11.5 Å². The summed E-state index contributed by atoms with van der Waals surface area (Å²) in [5, 5.41) is 5.58. The zero-order valence-electron chi connectivity index (χ0n) is 12.4. The molecule has 21 heavy (non-hydrogen) atoms. The van der Waals surface area contributed by atoms with Crippen LogP contribution in [0.15, 0.2) is 24.3 Å². The fourth-order valence-corrected chi connectivity index (χ4v) is 1.95. The van der Waals surface area contributed by atoms with Gasteiger partial charge in [-0.3, -0.25) is 0 Å². The molecule has 0 aliphatic carbocycles. The monoisotopic (exact) mass is 290 g/mol. The van der Waals surface area contributed by atoms with Crippen molar-refractivity contribution in [2.75, 3.05) is 26.3 Å². The first kappa shape index (κ1) is 15.2. The van der Waals surface area contributed by atoms with Gasteiger partial charge in [0, 0.05) is 13.1 Å². The van der Waals surface area contributed by atoms with E-state index in [1.54, 1.807) is 0 Å². The second-order valence-electron chi connectivity index (χ2n) is 4.78. The minimum atomic E-state index is -0.107. The highest BCUT2D eigenvalue weighted by atomic mass is 16.6. The number of carbonyl (C=O) groups excluding carboxylic acids is 1. The minimum Gasteiger partial charge on any atom is -0.486 e. The number of ether oxygens (including phenoxy) is 2. The molecule has 0 fully saturated rings. The molecule has 0 atom stereocenters. The summed E-state index contributed by atoms with van der Waals surface area (Å²) in [6, 6.07) is 5.77. The van der Waals surface area contributed by atoms with Crippen molar-refractivity contribution in [3.8, 4) is 11.5 Å². The molecule has 2 N–H and O–H groups in total. The molecule has 2 rings (SSSR count). The van der Waals surface area contributed by atoms with Crippen molar-refractivity contribution in [3.63, 3.8) is 0 Å². The first-order valence-corrected chi connectivity index (χ1v) is 7.37. The van der Waals surface area contributed by atoms with Crippen LogP contribution in [0.4, 0.5) is 4.79 Å². The van der Waals surface area contributed by atoms with Crippen LogP contribution in [0.2, 0.25) is 0 Å². The lowest BCUT2D eigenvalue weighted by molar-refractivity contribution is 0.171. The van der Waals surface area contributed by atoms with Crippen LogP contribution < -0.4 is 20.1 Å². The number of amides is 2. The number of rotatable bonds is 6. The molecule has 1 aromatic carbocycles. The Kier molecular flexibility index (Phi) is 5.94. The van der Waals surface area contributed by atoms with E-state index >= 15 is 0 Å². The van der Waals surface area contributed by atoms with Crippen LogP contribution in [0.25, 0.3) is 6.08 Å². The molecule has 1 aliphatic rings. The van der Waals surface area contributed by atoms with Crippen LogP contribution >= 0.6 is 0 Å². The smallest absolute Gasteiger partial charge is 0.314 e. The van der Waals surface area contributed by atoms with Crippen molar-refractivity contribution >= 4 is 12.1 Å². The number of hydrogen-bond donors (Lipinski definition) is 2. The highest BCUT2D eigenvalue weighted by Crippen LogP contribution is 2.31. The molecule has 5 nitrogen and oxygen atoms in total. The van der Waals surface area contributed by atoms with E-state index in [4.69, 9.17) is 9.47 Å². The number of fused-ring (bicyclic) bond motifs is 1. The van der Waals surface area contributed by atoms with Crippen LogP contribution in [0.5, 0.6) is 11.5 Å². The highest BCUT2D eigenvalue weighted by Gasteiger charge is 2.10. The summed E-state index contributed by atoms with van der Waals surface area (Å²) in [7, 11) is 0. The van der Waals surface area contributed by atoms with Gasteiger partial charge in [0.1, 0.15) is 13.2 Å². The lowest BCUT2D eigenvalue weighted by Crippen LogP contribution is -2.36. The Morgan fingerprint density at radius 1 is 1.19 bits per heavy atom. The average Bonchev–Trinajstić information content (AvgIpc) is 2.52. The summed E-state index contributed by atoms with van der Waals surface area (Å²) >= 11 is 0. The predicted octanol–water partition coefficient (Wildman–Crippen LogP) is 2.57. The number of urea groups is 1. The molecule has 0 unspecified atom stereocenters. The molecule has 1 aliphatic heterocycles. The maximum absolute atomic E-state index is 11.3. The molecule has 1 aromatic rings. The number of carbonyl (C=O) groups is 1.